The van der Waals surface area contributed by atoms with Gasteiger partial charge < -0.3 is 19.7 Å². The van der Waals surface area contributed by atoms with Gasteiger partial charge in [0.1, 0.15) is 11.4 Å². The maximum Gasteiger partial charge on any atom is 0.257 e. The van der Waals surface area contributed by atoms with Gasteiger partial charge >= 0.3 is 0 Å². The predicted molar refractivity (Wildman–Crippen MR) is 136 cm³/mol. The maximum atomic E-state index is 15.3. The average Bonchev–Trinajstić information content (AvgIpc) is 3.63. The number of hydrogen-bond acceptors (Lipinski definition) is 4. The second-order valence-corrected chi connectivity index (χ2v) is 10.1. The first-order valence-electron chi connectivity index (χ1n) is 12.7. The molecule has 2 fully saturated rings. The number of hydrogen-bond donors (Lipinski definition) is 1. The number of nitrogens with one attached hydrogen (secondary N) is 1. The SMILES string of the molecule is CCN1CCN(c2cc3c(cc2F)c(=O)c(C(=O)NC2Cc4ccccc4C2)cn3C2CC2)CC1. The van der Waals surface area contributed by atoms with Gasteiger partial charge in [-0.3, -0.25) is 9.59 Å². The van der Waals surface area contributed by atoms with Crippen LogP contribution in [-0.4, -0.2) is 54.1 Å². The lowest BCUT2D eigenvalue weighted by atomic mass is 10.1. The lowest BCUT2D eigenvalue weighted by Crippen LogP contribution is -2.46. The van der Waals surface area contributed by atoms with E-state index >= 15 is 4.39 Å². The average molecular weight is 475 g/mol. The Balaban J connectivity index is 1.33. The van der Waals surface area contributed by atoms with E-state index in [1.54, 1.807) is 6.20 Å². The minimum atomic E-state index is -0.398. The smallest absolute Gasteiger partial charge is 0.257 e. The molecule has 0 radical (unpaired) electrons. The summed E-state index contributed by atoms with van der Waals surface area (Å²) in [5.74, 6) is -0.769. The van der Waals surface area contributed by atoms with Crippen LogP contribution in [0.3, 0.4) is 0 Å². The number of piperazine rings is 1. The van der Waals surface area contributed by atoms with E-state index in [1.165, 1.54) is 17.2 Å². The topological polar surface area (TPSA) is 57.6 Å². The molecule has 1 saturated carbocycles. The molecule has 1 amide bonds. The van der Waals surface area contributed by atoms with E-state index < -0.39 is 11.2 Å². The van der Waals surface area contributed by atoms with Gasteiger partial charge in [-0.25, -0.2) is 4.39 Å². The zero-order valence-corrected chi connectivity index (χ0v) is 20.1. The molecule has 2 aromatic carbocycles. The van der Waals surface area contributed by atoms with Crippen molar-refractivity contribution < 1.29 is 9.18 Å². The molecule has 0 spiro atoms. The largest absolute Gasteiger partial charge is 0.367 e. The highest BCUT2D eigenvalue weighted by molar-refractivity contribution is 5.98. The molecule has 6 rings (SSSR count). The number of anilines is 1. The van der Waals surface area contributed by atoms with E-state index in [-0.39, 0.29) is 28.9 Å². The van der Waals surface area contributed by atoms with Crippen molar-refractivity contribution in [1.29, 1.82) is 0 Å². The van der Waals surface area contributed by atoms with Crippen LogP contribution in [0.5, 0.6) is 0 Å². The minimum Gasteiger partial charge on any atom is -0.367 e. The molecule has 1 aromatic heterocycles. The van der Waals surface area contributed by atoms with E-state index in [1.807, 2.05) is 22.8 Å². The molecule has 7 heteroatoms. The first-order chi connectivity index (χ1) is 17.0. The van der Waals surface area contributed by atoms with Crippen molar-refractivity contribution in [3.63, 3.8) is 0 Å². The van der Waals surface area contributed by atoms with Crippen molar-refractivity contribution in [1.82, 2.24) is 14.8 Å². The van der Waals surface area contributed by atoms with Gasteiger partial charge in [0.25, 0.3) is 5.91 Å². The first-order valence-corrected chi connectivity index (χ1v) is 12.7. The van der Waals surface area contributed by atoms with E-state index in [0.29, 0.717) is 5.69 Å². The summed E-state index contributed by atoms with van der Waals surface area (Å²) in [5.41, 5.74) is 3.44. The highest BCUT2D eigenvalue weighted by Gasteiger charge is 2.30. The number of benzene rings is 2. The number of aromatic nitrogens is 1. The van der Waals surface area contributed by atoms with Crippen LogP contribution in [0.1, 0.15) is 47.3 Å². The number of likely N-dealkylation sites (N-methyl/N-ethyl adjacent to an activating group) is 1. The molecular weight excluding hydrogens is 443 g/mol. The zero-order valence-electron chi connectivity index (χ0n) is 20.1. The normalized spacial score (nSPS) is 18.7. The van der Waals surface area contributed by atoms with Gasteiger partial charge in [-0.05, 0) is 55.5 Å². The van der Waals surface area contributed by atoms with Crippen LogP contribution in [0.2, 0.25) is 0 Å². The molecule has 0 atom stereocenters. The third kappa shape index (κ3) is 4.12. The molecule has 6 nitrogen and oxygen atoms in total. The number of fused-ring (bicyclic) bond motifs is 2. The third-order valence-corrected chi connectivity index (χ3v) is 7.83. The Bertz CT molecular complexity index is 1330. The molecule has 1 aliphatic heterocycles. The Morgan fingerprint density at radius 1 is 1.06 bits per heavy atom. The molecule has 1 saturated heterocycles. The lowest BCUT2D eigenvalue weighted by Gasteiger charge is -2.35. The van der Waals surface area contributed by atoms with Gasteiger partial charge in [0.15, 0.2) is 0 Å². The van der Waals surface area contributed by atoms with Gasteiger partial charge in [0, 0.05) is 49.8 Å². The summed E-state index contributed by atoms with van der Waals surface area (Å²) < 4.78 is 17.3. The molecule has 2 aliphatic carbocycles. The van der Waals surface area contributed by atoms with Crippen molar-refractivity contribution in [2.45, 2.75) is 44.7 Å². The fourth-order valence-corrected chi connectivity index (χ4v) is 5.65. The van der Waals surface area contributed by atoms with Crippen LogP contribution >= 0.6 is 0 Å². The van der Waals surface area contributed by atoms with E-state index in [2.05, 4.69) is 34.2 Å². The molecule has 182 valence electrons. The zero-order chi connectivity index (χ0) is 24.1. The molecule has 35 heavy (non-hydrogen) atoms. The molecule has 0 bridgehead atoms. The molecule has 0 unspecified atom stereocenters. The Labute approximate surface area is 204 Å². The summed E-state index contributed by atoms with van der Waals surface area (Å²) in [5, 5.41) is 3.35. The summed E-state index contributed by atoms with van der Waals surface area (Å²) in [6.07, 6.45) is 5.22. The molecule has 2 heterocycles. The Hall–Kier alpha value is -3.19. The second-order valence-electron chi connectivity index (χ2n) is 10.1. The van der Waals surface area contributed by atoms with Gasteiger partial charge in [-0.1, -0.05) is 31.2 Å². The Morgan fingerprint density at radius 3 is 2.37 bits per heavy atom. The Kier molecular flexibility index (Phi) is 5.60. The number of carbonyl (C=O) groups is 1. The molecular formula is C28H31FN4O2. The van der Waals surface area contributed by atoms with Crippen LogP contribution in [0.15, 0.2) is 47.4 Å². The van der Waals surface area contributed by atoms with Crippen LogP contribution in [-0.2, 0) is 12.8 Å². The fourth-order valence-electron chi connectivity index (χ4n) is 5.65. The summed E-state index contributed by atoms with van der Waals surface area (Å²) in [7, 11) is 0. The second kappa shape index (κ2) is 8.79. The van der Waals surface area contributed by atoms with Crippen LogP contribution in [0.25, 0.3) is 10.9 Å². The van der Waals surface area contributed by atoms with Crippen LogP contribution in [0.4, 0.5) is 10.1 Å². The molecule has 1 N–H and O–H groups in total. The highest BCUT2D eigenvalue weighted by atomic mass is 19.1. The highest BCUT2D eigenvalue weighted by Crippen LogP contribution is 2.38. The van der Waals surface area contributed by atoms with Gasteiger partial charge in [-0.15, -0.1) is 0 Å². The molecule has 3 aromatic rings. The van der Waals surface area contributed by atoms with Crippen molar-refractivity contribution >= 4 is 22.5 Å². The van der Waals surface area contributed by atoms with Crippen molar-refractivity contribution in [2.75, 3.05) is 37.6 Å². The standard InChI is InChI=1S/C28H31FN4O2/c1-2-31-9-11-32(12-10-31)26-16-25-22(15-24(26)29)27(34)23(17-33(25)21-7-8-21)28(35)30-20-13-18-5-3-4-6-19(18)14-20/h3-6,15-17,20-21H,2,7-14H2,1H3,(H,30,35). The lowest BCUT2D eigenvalue weighted by molar-refractivity contribution is 0.0937. The number of halogens is 1. The van der Waals surface area contributed by atoms with Crippen LogP contribution < -0.4 is 15.6 Å². The Morgan fingerprint density at radius 2 is 1.74 bits per heavy atom. The van der Waals surface area contributed by atoms with Crippen LogP contribution in [0, 0.1) is 5.82 Å². The minimum absolute atomic E-state index is 0.0368. The summed E-state index contributed by atoms with van der Waals surface area (Å²) in [6, 6.07) is 11.6. The van der Waals surface area contributed by atoms with Gasteiger partial charge in [-0.2, -0.15) is 0 Å². The number of nitrogens with zero attached hydrogens (tertiary/aromatic N) is 3. The van der Waals surface area contributed by atoms with E-state index in [9.17, 15) is 9.59 Å². The number of pyridine rings is 1. The van der Waals surface area contributed by atoms with E-state index in [0.717, 1.165) is 63.9 Å². The maximum absolute atomic E-state index is 15.3. The first kappa shape index (κ1) is 22.3. The van der Waals surface area contributed by atoms with Crippen molar-refractivity contribution in [3.05, 3.63) is 75.3 Å². The summed E-state index contributed by atoms with van der Waals surface area (Å²) >= 11 is 0. The van der Waals surface area contributed by atoms with Gasteiger partial charge in [0.05, 0.1) is 11.2 Å². The van der Waals surface area contributed by atoms with E-state index in [4.69, 9.17) is 0 Å². The number of rotatable bonds is 5. The predicted octanol–water partition coefficient (Wildman–Crippen LogP) is 3.51. The van der Waals surface area contributed by atoms with Crippen molar-refractivity contribution in [3.8, 4) is 0 Å². The number of carbonyl (C=O) groups excluding carboxylic acids is 1. The van der Waals surface area contributed by atoms with Gasteiger partial charge in [0.2, 0.25) is 5.43 Å². The summed E-state index contributed by atoms with van der Waals surface area (Å²) in [4.78, 5) is 31.1. The monoisotopic (exact) mass is 474 g/mol. The number of amides is 1. The van der Waals surface area contributed by atoms with Crippen molar-refractivity contribution in [2.24, 2.45) is 0 Å². The fraction of sp³-hybridized carbons (Fsp3) is 0.429. The quantitative estimate of drug-likeness (QED) is 0.615. The summed E-state index contributed by atoms with van der Waals surface area (Å²) in [6.45, 7) is 6.44. The molecule has 3 aliphatic rings. The third-order valence-electron chi connectivity index (χ3n) is 7.83.